The number of amides is 2. The molecule has 3 aromatic rings. The zero-order valence-electron chi connectivity index (χ0n) is 20.5. The summed E-state index contributed by atoms with van der Waals surface area (Å²) in [5.41, 5.74) is 7.56. The van der Waals surface area contributed by atoms with Crippen LogP contribution in [0.1, 0.15) is 45.9 Å². The maximum absolute atomic E-state index is 13.7. The first-order valence-electron chi connectivity index (χ1n) is 11.4. The molecule has 0 radical (unpaired) electrons. The van der Waals surface area contributed by atoms with Gasteiger partial charge in [-0.2, -0.15) is 0 Å². The zero-order valence-corrected chi connectivity index (χ0v) is 20.5. The number of benzene rings is 2. The van der Waals surface area contributed by atoms with E-state index < -0.39 is 17.5 Å². The molecule has 0 saturated heterocycles. The van der Waals surface area contributed by atoms with Gasteiger partial charge in [0.15, 0.2) is 0 Å². The molecule has 3 rings (SSSR count). The van der Waals surface area contributed by atoms with Crippen LogP contribution in [0.5, 0.6) is 0 Å². The Morgan fingerprint density at radius 3 is 2.24 bits per heavy atom. The number of carboxylic acid groups (broad SMARTS) is 1. The fraction of sp³-hybridized carbons (Fsp3) is 0.370. The fourth-order valence-corrected chi connectivity index (χ4v) is 4.25. The minimum Gasteiger partial charge on any atom is -0.465 e. The van der Waals surface area contributed by atoms with Crippen LogP contribution in [0, 0.1) is 5.92 Å². The molecule has 7 heteroatoms. The summed E-state index contributed by atoms with van der Waals surface area (Å²) in [7, 11) is 0. The van der Waals surface area contributed by atoms with Gasteiger partial charge in [0.2, 0.25) is 5.91 Å². The molecule has 180 valence electrons. The third kappa shape index (κ3) is 5.30. The van der Waals surface area contributed by atoms with Crippen molar-refractivity contribution >= 4 is 22.8 Å². The highest BCUT2D eigenvalue weighted by Crippen LogP contribution is 2.33. The molecule has 0 spiro atoms. The largest absolute Gasteiger partial charge is 0.465 e. The van der Waals surface area contributed by atoms with Crippen molar-refractivity contribution in [3.63, 3.8) is 0 Å². The Kier molecular flexibility index (Phi) is 7.15. The van der Waals surface area contributed by atoms with E-state index in [1.165, 1.54) is 4.90 Å². The highest BCUT2D eigenvalue weighted by atomic mass is 16.4. The average Bonchev–Trinajstić information content (AvgIpc) is 2.73. The van der Waals surface area contributed by atoms with Gasteiger partial charge in [-0.05, 0) is 55.3 Å². The maximum atomic E-state index is 13.7. The zero-order chi connectivity index (χ0) is 25.2. The molecule has 34 heavy (non-hydrogen) atoms. The molecule has 2 aromatic carbocycles. The molecule has 0 atom stereocenters. The summed E-state index contributed by atoms with van der Waals surface area (Å²) in [6.07, 6.45) is -1.00. The SMILES string of the molecule is CC(C)Cn1c(CN(C(=O)O)C(C)(C)C)c(-c2ccccc2)c2cc(CC(N)=O)ccc2c1=O. The van der Waals surface area contributed by atoms with Crippen molar-refractivity contribution in [3.05, 3.63) is 70.1 Å². The number of carbonyl (C=O) groups is 2. The van der Waals surface area contributed by atoms with Crippen molar-refractivity contribution in [3.8, 4) is 11.1 Å². The number of hydrogen-bond donors (Lipinski definition) is 2. The van der Waals surface area contributed by atoms with Crippen LogP contribution in [0.15, 0.2) is 53.3 Å². The van der Waals surface area contributed by atoms with Crippen molar-refractivity contribution in [2.45, 2.75) is 59.7 Å². The predicted octanol–water partition coefficient (Wildman–Crippen LogP) is 4.63. The second-order valence-electron chi connectivity index (χ2n) is 10.1. The Hall–Kier alpha value is -3.61. The smallest absolute Gasteiger partial charge is 0.408 e. The van der Waals surface area contributed by atoms with Gasteiger partial charge in [-0.3, -0.25) is 14.5 Å². The number of nitrogens with zero attached hydrogens (tertiary/aromatic N) is 2. The molecule has 0 aliphatic heterocycles. The molecule has 7 nitrogen and oxygen atoms in total. The first kappa shape index (κ1) is 25.0. The van der Waals surface area contributed by atoms with Gasteiger partial charge in [0, 0.05) is 28.7 Å². The van der Waals surface area contributed by atoms with Gasteiger partial charge in [0.1, 0.15) is 0 Å². The highest BCUT2D eigenvalue weighted by molar-refractivity contribution is 5.98. The van der Waals surface area contributed by atoms with Gasteiger partial charge < -0.3 is 15.4 Å². The molecule has 0 saturated carbocycles. The van der Waals surface area contributed by atoms with Crippen molar-refractivity contribution in [2.24, 2.45) is 11.7 Å². The Labute approximate surface area is 199 Å². The van der Waals surface area contributed by atoms with Crippen LogP contribution in [0.2, 0.25) is 0 Å². The van der Waals surface area contributed by atoms with E-state index in [0.29, 0.717) is 28.6 Å². The van der Waals surface area contributed by atoms with Crippen molar-refractivity contribution < 1.29 is 14.7 Å². The van der Waals surface area contributed by atoms with Crippen molar-refractivity contribution in [2.75, 3.05) is 0 Å². The average molecular weight is 464 g/mol. The molecule has 0 fully saturated rings. The normalized spacial score (nSPS) is 11.7. The van der Waals surface area contributed by atoms with Crippen LogP contribution in [-0.4, -0.2) is 32.1 Å². The standard InChI is InChI=1S/C27H33N3O4/c1-17(2)15-29-22(16-30(26(33)34)27(3,4)5)24(19-9-7-6-8-10-19)21-13-18(14-23(28)31)11-12-20(21)25(29)32/h6-13,17H,14-16H2,1-5H3,(H2,28,31)(H,33,34). The van der Waals surface area contributed by atoms with E-state index in [4.69, 9.17) is 5.73 Å². The predicted molar refractivity (Wildman–Crippen MR) is 135 cm³/mol. The van der Waals surface area contributed by atoms with Crippen molar-refractivity contribution in [1.82, 2.24) is 9.47 Å². The summed E-state index contributed by atoms with van der Waals surface area (Å²) in [6, 6.07) is 14.9. The van der Waals surface area contributed by atoms with Gasteiger partial charge >= 0.3 is 6.09 Å². The molecule has 0 bridgehead atoms. The van der Waals surface area contributed by atoms with E-state index in [9.17, 15) is 19.5 Å². The van der Waals surface area contributed by atoms with Crippen LogP contribution in [0.25, 0.3) is 21.9 Å². The first-order chi connectivity index (χ1) is 15.9. The molecule has 0 aliphatic carbocycles. The van der Waals surface area contributed by atoms with E-state index in [-0.39, 0.29) is 24.4 Å². The Morgan fingerprint density at radius 1 is 1.06 bits per heavy atom. The Balaban J connectivity index is 2.47. The van der Waals surface area contributed by atoms with Crippen molar-refractivity contribution in [1.29, 1.82) is 0 Å². The van der Waals surface area contributed by atoms with Crippen LogP contribution in [0.4, 0.5) is 4.79 Å². The fourth-order valence-electron chi connectivity index (χ4n) is 4.25. The van der Waals surface area contributed by atoms with Gasteiger partial charge in [-0.15, -0.1) is 0 Å². The lowest BCUT2D eigenvalue weighted by Crippen LogP contribution is -2.45. The minimum absolute atomic E-state index is 0.0427. The third-order valence-electron chi connectivity index (χ3n) is 5.78. The molecule has 1 heterocycles. The second kappa shape index (κ2) is 9.71. The third-order valence-corrected chi connectivity index (χ3v) is 5.78. The Morgan fingerprint density at radius 2 is 1.71 bits per heavy atom. The van der Waals surface area contributed by atoms with E-state index in [2.05, 4.69) is 0 Å². The van der Waals surface area contributed by atoms with Crippen LogP contribution >= 0.6 is 0 Å². The van der Waals surface area contributed by atoms with Gasteiger partial charge in [-0.25, -0.2) is 4.79 Å². The molecule has 1 aromatic heterocycles. The van der Waals surface area contributed by atoms with Gasteiger partial charge in [-0.1, -0.05) is 50.2 Å². The molecular formula is C27H33N3O4. The lowest BCUT2D eigenvalue weighted by molar-refractivity contribution is -0.117. The second-order valence-corrected chi connectivity index (χ2v) is 10.1. The summed E-state index contributed by atoms with van der Waals surface area (Å²) in [5.74, 6) is -0.293. The van der Waals surface area contributed by atoms with Gasteiger partial charge in [0.05, 0.1) is 13.0 Å². The lowest BCUT2D eigenvalue weighted by Gasteiger charge is -2.35. The quantitative estimate of drug-likeness (QED) is 0.533. The van der Waals surface area contributed by atoms with E-state index >= 15 is 0 Å². The molecule has 0 aliphatic rings. The van der Waals surface area contributed by atoms with E-state index in [1.807, 2.05) is 71.0 Å². The van der Waals surface area contributed by atoms with Crippen LogP contribution in [0.3, 0.4) is 0 Å². The van der Waals surface area contributed by atoms with E-state index in [1.54, 1.807) is 16.7 Å². The summed E-state index contributed by atoms with van der Waals surface area (Å²) in [5, 5.41) is 11.2. The maximum Gasteiger partial charge on any atom is 0.408 e. The summed E-state index contributed by atoms with van der Waals surface area (Å²) in [4.78, 5) is 38.9. The number of carbonyl (C=O) groups excluding carboxylic acids is 1. The minimum atomic E-state index is -1.06. The number of nitrogens with two attached hydrogens (primary N) is 1. The number of primary amides is 1. The summed E-state index contributed by atoms with van der Waals surface area (Å²) < 4.78 is 1.71. The van der Waals surface area contributed by atoms with E-state index in [0.717, 1.165) is 11.1 Å². The Bertz CT molecular complexity index is 1270. The topological polar surface area (TPSA) is 106 Å². The van der Waals surface area contributed by atoms with Crippen LogP contribution in [-0.2, 0) is 24.3 Å². The van der Waals surface area contributed by atoms with Crippen LogP contribution < -0.4 is 11.3 Å². The molecule has 3 N–H and O–H groups in total. The number of pyridine rings is 1. The molecular weight excluding hydrogens is 430 g/mol. The number of hydrogen-bond acceptors (Lipinski definition) is 3. The summed E-state index contributed by atoms with van der Waals surface area (Å²) >= 11 is 0. The first-order valence-corrected chi connectivity index (χ1v) is 11.4. The summed E-state index contributed by atoms with van der Waals surface area (Å²) in [6.45, 7) is 10.0. The lowest BCUT2D eigenvalue weighted by atomic mass is 9.93. The number of aromatic nitrogens is 1. The monoisotopic (exact) mass is 463 g/mol. The highest BCUT2D eigenvalue weighted by Gasteiger charge is 2.29. The number of rotatable bonds is 7. The molecule has 0 unspecified atom stereocenters. The molecule has 2 amide bonds. The van der Waals surface area contributed by atoms with Gasteiger partial charge in [0.25, 0.3) is 5.56 Å². The number of fused-ring (bicyclic) bond motifs is 1.